The first kappa shape index (κ1) is 35.0. The Hall–Kier alpha value is -3.35. The summed E-state index contributed by atoms with van der Waals surface area (Å²) in [5, 5.41) is 26.5. The lowest BCUT2D eigenvalue weighted by atomic mass is 9.79. The van der Waals surface area contributed by atoms with E-state index in [9.17, 15) is 10.2 Å². The molecule has 2 aromatic carbocycles. The van der Waals surface area contributed by atoms with Gasteiger partial charge in [0.2, 0.25) is 0 Å². The van der Waals surface area contributed by atoms with E-state index in [-0.39, 0.29) is 28.3 Å². The molecule has 0 aromatic heterocycles. The summed E-state index contributed by atoms with van der Waals surface area (Å²) in [5.74, 6) is 1.89. The number of phenols is 2. The van der Waals surface area contributed by atoms with Crippen molar-refractivity contribution in [1.29, 1.82) is 0 Å². The number of aromatic hydroxyl groups is 2. The van der Waals surface area contributed by atoms with E-state index in [1.165, 1.54) is 23.5 Å². The number of hydrogen-bond acceptors (Lipinski definition) is 6. The predicted molar refractivity (Wildman–Crippen MR) is 196 cm³/mol. The van der Waals surface area contributed by atoms with Gasteiger partial charge in [0.1, 0.15) is 11.5 Å². The van der Waals surface area contributed by atoms with Gasteiger partial charge in [0.25, 0.3) is 0 Å². The Labute approximate surface area is 283 Å². The molecule has 2 aliphatic heterocycles. The van der Waals surface area contributed by atoms with Crippen LogP contribution in [-0.4, -0.2) is 76.3 Å². The van der Waals surface area contributed by atoms with E-state index in [1.54, 1.807) is 0 Å². The second kappa shape index (κ2) is 13.6. The van der Waals surface area contributed by atoms with Crippen molar-refractivity contribution in [3.63, 3.8) is 0 Å². The first-order chi connectivity index (χ1) is 22.0. The van der Waals surface area contributed by atoms with Crippen molar-refractivity contribution >= 4 is 18.4 Å². The Kier molecular flexibility index (Phi) is 10.1. The van der Waals surface area contributed by atoms with Gasteiger partial charge in [-0.1, -0.05) is 81.2 Å². The molecule has 7 nitrogen and oxygen atoms in total. The van der Waals surface area contributed by atoms with Gasteiger partial charge >= 0.3 is 5.96 Å². The molecule has 47 heavy (non-hydrogen) atoms. The molecular formula is C40H60N5O2+. The fraction of sp³-hybridized carbons (Fsp3) is 0.625. The second-order valence-corrected chi connectivity index (χ2v) is 17.1. The van der Waals surface area contributed by atoms with E-state index in [0.717, 1.165) is 87.1 Å². The topological polar surface area (TPSA) is 83.5 Å². The van der Waals surface area contributed by atoms with E-state index in [0.29, 0.717) is 11.5 Å². The lowest BCUT2D eigenvalue weighted by Gasteiger charge is -2.31. The molecule has 0 saturated heterocycles. The summed E-state index contributed by atoms with van der Waals surface area (Å²) in [6.07, 6.45) is 10.3. The van der Waals surface area contributed by atoms with Gasteiger partial charge in [0.05, 0.1) is 44.8 Å². The number of phenolic OH excluding ortho intramolecular Hbond substituents is 2. The third-order valence-electron chi connectivity index (χ3n) is 10.0. The molecule has 5 rings (SSSR count). The van der Waals surface area contributed by atoms with E-state index in [2.05, 4.69) is 101 Å². The Morgan fingerprint density at radius 3 is 1.87 bits per heavy atom. The molecule has 0 amide bonds. The molecule has 1 fully saturated rings. The van der Waals surface area contributed by atoms with E-state index < -0.39 is 0 Å². The summed E-state index contributed by atoms with van der Waals surface area (Å²) >= 11 is 0. The van der Waals surface area contributed by atoms with Crippen LogP contribution in [0.15, 0.2) is 34.3 Å². The molecule has 2 unspecified atom stereocenters. The van der Waals surface area contributed by atoms with Gasteiger partial charge in [0.15, 0.2) is 0 Å². The number of aliphatic imine (C=N–C) groups is 2. The van der Waals surface area contributed by atoms with Crippen molar-refractivity contribution in [3.05, 3.63) is 57.6 Å². The summed E-state index contributed by atoms with van der Waals surface area (Å²) in [4.78, 5) is 12.7. The Bertz CT molecular complexity index is 1530. The van der Waals surface area contributed by atoms with Gasteiger partial charge in [-0.25, -0.2) is 0 Å². The Balaban J connectivity index is 1.44. The average Bonchev–Trinajstić information content (AvgIpc) is 2.99. The molecule has 3 aliphatic rings. The Morgan fingerprint density at radius 1 is 0.745 bits per heavy atom. The van der Waals surface area contributed by atoms with Crippen LogP contribution < -0.4 is 5.32 Å². The zero-order valence-electron chi connectivity index (χ0n) is 30.6. The summed E-state index contributed by atoms with van der Waals surface area (Å²) in [6.45, 7) is 24.6. The summed E-state index contributed by atoms with van der Waals surface area (Å²) in [5.41, 5.74) is 5.40. The molecule has 2 heterocycles. The molecular weight excluding hydrogens is 582 g/mol. The molecule has 2 atom stereocenters. The lowest BCUT2D eigenvalue weighted by Crippen LogP contribution is -2.54. The zero-order valence-corrected chi connectivity index (χ0v) is 30.6. The molecule has 3 N–H and O–H groups in total. The van der Waals surface area contributed by atoms with Crippen LogP contribution in [-0.2, 0) is 22.8 Å². The predicted octanol–water partition coefficient (Wildman–Crippen LogP) is 7.41. The average molecular weight is 643 g/mol. The van der Waals surface area contributed by atoms with E-state index in [1.807, 2.05) is 12.4 Å². The fourth-order valence-electron chi connectivity index (χ4n) is 7.18. The van der Waals surface area contributed by atoms with Crippen LogP contribution in [0, 0.1) is 0 Å². The molecule has 256 valence electrons. The van der Waals surface area contributed by atoms with Gasteiger partial charge in [-0.15, -0.1) is 0 Å². The Morgan fingerprint density at radius 2 is 1.30 bits per heavy atom. The zero-order chi connectivity index (χ0) is 34.1. The summed E-state index contributed by atoms with van der Waals surface area (Å²) in [7, 11) is 0. The van der Waals surface area contributed by atoms with Crippen LogP contribution in [0.1, 0.15) is 134 Å². The van der Waals surface area contributed by atoms with E-state index in [4.69, 9.17) is 9.98 Å². The fourth-order valence-corrected chi connectivity index (χ4v) is 7.18. The van der Waals surface area contributed by atoms with Crippen LogP contribution in [0.25, 0.3) is 0 Å². The highest BCUT2D eigenvalue weighted by molar-refractivity contribution is 5.86. The van der Waals surface area contributed by atoms with Crippen molar-refractivity contribution in [3.8, 4) is 11.5 Å². The minimum absolute atomic E-state index is 0.0221. The molecule has 2 aromatic rings. The standard InChI is InChI=1S/C40H59N5O2/c1-38(2,3)30-22-29(36(47)32(23-30)40(7,8)9)25-43-34-15-11-10-14-33(34)42-24-28-20-27(21-31(35(28)46)39(4,5)6)26-45-19-13-18-44-17-12-16-41-37(44)45/h20-25,33-34H,10-19,26H2,1-9H3,(H2,42,43,46,47)/p+1. The van der Waals surface area contributed by atoms with Crippen LogP contribution in [0.2, 0.25) is 0 Å². The molecule has 0 bridgehead atoms. The van der Waals surface area contributed by atoms with Crippen molar-refractivity contribution in [2.75, 3.05) is 26.2 Å². The van der Waals surface area contributed by atoms with Gasteiger partial charge in [-0.2, -0.15) is 0 Å². The molecule has 0 spiro atoms. The SMILES string of the molecule is CC(C)(C)c1cc(C=NC2CCCCC2N=Cc2cc(CN3CCC[N+]4=C3NCCC4)cc(C(C)(C)C)c2O)c(O)c(C(C)(C)C)c1. The minimum Gasteiger partial charge on any atom is -0.507 e. The number of rotatable bonds is 6. The first-order valence-corrected chi connectivity index (χ1v) is 17.9. The maximum Gasteiger partial charge on any atom is 0.348 e. The van der Waals surface area contributed by atoms with Crippen LogP contribution >= 0.6 is 0 Å². The summed E-state index contributed by atoms with van der Waals surface area (Å²) < 4.78 is 2.48. The molecule has 1 aliphatic carbocycles. The maximum absolute atomic E-state index is 11.5. The quantitative estimate of drug-likeness (QED) is 0.226. The number of nitrogens with one attached hydrogen (secondary N) is 1. The minimum atomic E-state index is -0.208. The smallest absolute Gasteiger partial charge is 0.348 e. The lowest BCUT2D eigenvalue weighted by molar-refractivity contribution is -0.545. The van der Waals surface area contributed by atoms with Crippen LogP contribution in [0.4, 0.5) is 0 Å². The van der Waals surface area contributed by atoms with Crippen molar-refractivity contribution < 1.29 is 14.8 Å². The maximum atomic E-state index is 11.5. The highest BCUT2D eigenvalue weighted by Gasteiger charge is 2.31. The van der Waals surface area contributed by atoms with Crippen molar-refractivity contribution in [1.82, 2.24) is 10.2 Å². The largest absolute Gasteiger partial charge is 0.507 e. The highest BCUT2D eigenvalue weighted by atomic mass is 16.3. The number of hydrogen-bond donors (Lipinski definition) is 3. The first-order valence-electron chi connectivity index (χ1n) is 17.9. The van der Waals surface area contributed by atoms with Gasteiger partial charge in [-0.3, -0.25) is 24.8 Å². The third kappa shape index (κ3) is 8.21. The van der Waals surface area contributed by atoms with Crippen molar-refractivity contribution in [2.45, 2.75) is 136 Å². The van der Waals surface area contributed by atoms with Gasteiger partial charge < -0.3 is 10.2 Å². The van der Waals surface area contributed by atoms with Gasteiger partial charge in [0, 0.05) is 47.5 Å². The number of benzene rings is 2. The molecule has 7 heteroatoms. The highest BCUT2D eigenvalue weighted by Crippen LogP contribution is 2.38. The van der Waals surface area contributed by atoms with Crippen LogP contribution in [0.5, 0.6) is 11.5 Å². The molecule has 1 saturated carbocycles. The number of nitrogens with zero attached hydrogens (tertiary/aromatic N) is 4. The van der Waals surface area contributed by atoms with Crippen molar-refractivity contribution in [2.24, 2.45) is 9.98 Å². The molecule has 0 radical (unpaired) electrons. The van der Waals surface area contributed by atoms with E-state index >= 15 is 0 Å². The normalized spacial score (nSPS) is 21.4. The van der Waals surface area contributed by atoms with Gasteiger partial charge in [-0.05, 0) is 58.4 Å². The summed E-state index contributed by atoms with van der Waals surface area (Å²) in [6, 6.07) is 8.60. The monoisotopic (exact) mass is 642 g/mol. The van der Waals surface area contributed by atoms with Crippen LogP contribution in [0.3, 0.4) is 0 Å². The second-order valence-electron chi connectivity index (χ2n) is 17.1. The third-order valence-corrected chi connectivity index (χ3v) is 10.0. The number of guanidine groups is 1.